The Morgan fingerprint density at radius 2 is 2.05 bits per heavy atom. The fraction of sp³-hybridized carbons (Fsp3) is 0.214. The Kier molecular flexibility index (Phi) is 3.02. The molecule has 2 aliphatic heterocycles. The second kappa shape index (κ2) is 4.72. The van der Waals surface area contributed by atoms with Gasteiger partial charge in [0, 0.05) is 25.5 Å². The topological polar surface area (TPSA) is 52.7 Å². The number of benzene rings is 1. The summed E-state index contributed by atoms with van der Waals surface area (Å²) in [6.45, 7) is 0.761. The lowest BCUT2D eigenvalue weighted by atomic mass is 10.1. The zero-order valence-electron chi connectivity index (χ0n) is 10.9. The Labute approximate surface area is 121 Å². The van der Waals surface area contributed by atoms with Crippen molar-refractivity contribution in [2.45, 2.75) is 6.42 Å². The molecule has 2 heterocycles. The van der Waals surface area contributed by atoms with E-state index in [1.54, 1.807) is 13.2 Å². The van der Waals surface area contributed by atoms with Crippen molar-refractivity contribution >= 4 is 34.8 Å². The lowest BCUT2D eigenvalue weighted by Crippen LogP contribution is -2.52. The number of amides is 2. The van der Waals surface area contributed by atoms with Gasteiger partial charge < -0.3 is 4.90 Å². The van der Waals surface area contributed by atoms with Gasteiger partial charge in [-0.05, 0) is 30.3 Å². The van der Waals surface area contributed by atoms with E-state index in [0.29, 0.717) is 0 Å². The normalized spacial score (nSPS) is 20.4. The summed E-state index contributed by atoms with van der Waals surface area (Å²) in [5.74, 6) is -0.814. The lowest BCUT2D eigenvalue weighted by molar-refractivity contribution is -0.128. The van der Waals surface area contributed by atoms with Crippen LogP contribution in [-0.4, -0.2) is 35.4 Å². The van der Waals surface area contributed by atoms with E-state index < -0.39 is 5.91 Å². The van der Waals surface area contributed by atoms with Gasteiger partial charge in [0.2, 0.25) is 0 Å². The first-order valence-corrected chi connectivity index (χ1v) is 6.68. The van der Waals surface area contributed by atoms with Crippen LogP contribution in [0.2, 0.25) is 0 Å². The van der Waals surface area contributed by atoms with Gasteiger partial charge in [-0.3, -0.25) is 19.8 Å². The monoisotopic (exact) mass is 287 g/mol. The third kappa shape index (κ3) is 1.98. The van der Waals surface area contributed by atoms with Crippen molar-refractivity contribution in [3.05, 3.63) is 41.6 Å². The van der Waals surface area contributed by atoms with Crippen LogP contribution in [0.15, 0.2) is 36.0 Å². The Bertz CT molecular complexity index is 654. The SMILES string of the molecule is CN1C(=O)/C(=C\N2CCc3ccccc32)C(=O)NC1=S. The number of fused-ring (bicyclic) bond motifs is 1. The van der Waals surface area contributed by atoms with Gasteiger partial charge in [0.05, 0.1) is 0 Å². The van der Waals surface area contributed by atoms with Crippen LogP contribution in [0.4, 0.5) is 5.69 Å². The van der Waals surface area contributed by atoms with Crippen molar-refractivity contribution < 1.29 is 9.59 Å². The third-order valence-electron chi connectivity index (χ3n) is 3.51. The van der Waals surface area contributed by atoms with Crippen molar-refractivity contribution in [1.82, 2.24) is 10.2 Å². The van der Waals surface area contributed by atoms with Crippen LogP contribution >= 0.6 is 12.2 Å². The van der Waals surface area contributed by atoms with Crippen LogP contribution in [0.3, 0.4) is 0 Å². The molecule has 0 radical (unpaired) electrons. The number of likely N-dealkylation sites (N-methyl/N-ethyl adjacent to an activating group) is 1. The maximum Gasteiger partial charge on any atom is 0.266 e. The van der Waals surface area contributed by atoms with E-state index in [1.165, 1.54) is 10.5 Å². The summed E-state index contributed by atoms with van der Waals surface area (Å²) >= 11 is 4.91. The van der Waals surface area contributed by atoms with Gasteiger partial charge in [0.15, 0.2) is 5.11 Å². The standard InChI is InChI=1S/C14H13N3O2S/c1-16-13(19)10(12(18)15-14(16)20)8-17-7-6-9-4-2-3-5-11(9)17/h2-5,8H,6-7H2,1H3,(H,15,18,20)/b10-8-. The van der Waals surface area contributed by atoms with Crippen LogP contribution in [-0.2, 0) is 16.0 Å². The Hall–Kier alpha value is -2.21. The van der Waals surface area contributed by atoms with Crippen molar-refractivity contribution in [1.29, 1.82) is 0 Å². The molecule has 1 saturated heterocycles. The summed E-state index contributed by atoms with van der Waals surface area (Å²) in [6.07, 6.45) is 2.52. The Morgan fingerprint density at radius 3 is 2.85 bits per heavy atom. The fourth-order valence-corrected chi connectivity index (χ4v) is 2.56. The zero-order valence-corrected chi connectivity index (χ0v) is 11.7. The van der Waals surface area contributed by atoms with E-state index >= 15 is 0 Å². The van der Waals surface area contributed by atoms with Crippen LogP contribution in [0.25, 0.3) is 0 Å². The highest BCUT2D eigenvalue weighted by atomic mass is 32.1. The van der Waals surface area contributed by atoms with Gasteiger partial charge in [-0.15, -0.1) is 0 Å². The molecule has 20 heavy (non-hydrogen) atoms. The summed E-state index contributed by atoms with van der Waals surface area (Å²) in [5, 5.41) is 2.65. The molecule has 0 atom stereocenters. The molecule has 1 aromatic rings. The van der Waals surface area contributed by atoms with Crippen LogP contribution in [0, 0.1) is 0 Å². The molecule has 0 unspecified atom stereocenters. The first-order valence-electron chi connectivity index (χ1n) is 6.27. The minimum Gasteiger partial charge on any atom is -0.346 e. The molecule has 5 nitrogen and oxygen atoms in total. The number of carbonyl (C=O) groups excluding carboxylic acids is 2. The molecule has 0 saturated carbocycles. The number of carbonyl (C=O) groups is 2. The molecule has 1 N–H and O–H groups in total. The highest BCUT2D eigenvalue weighted by Gasteiger charge is 2.32. The maximum atomic E-state index is 12.1. The first-order chi connectivity index (χ1) is 9.58. The highest BCUT2D eigenvalue weighted by Crippen LogP contribution is 2.28. The number of para-hydroxylation sites is 1. The van der Waals surface area contributed by atoms with E-state index in [2.05, 4.69) is 11.4 Å². The summed E-state index contributed by atoms with van der Waals surface area (Å²) in [7, 11) is 1.55. The molecule has 1 fully saturated rings. The zero-order chi connectivity index (χ0) is 14.3. The summed E-state index contributed by atoms with van der Waals surface area (Å²) in [4.78, 5) is 27.3. The van der Waals surface area contributed by atoms with Gasteiger partial charge in [0.1, 0.15) is 5.57 Å². The lowest BCUT2D eigenvalue weighted by Gasteiger charge is -2.26. The van der Waals surface area contributed by atoms with Gasteiger partial charge in [-0.2, -0.15) is 0 Å². The maximum absolute atomic E-state index is 12.1. The quantitative estimate of drug-likeness (QED) is 0.472. The molecule has 6 heteroatoms. The summed E-state index contributed by atoms with van der Waals surface area (Å²) in [6, 6.07) is 7.97. The number of nitrogens with zero attached hydrogens (tertiary/aromatic N) is 2. The molecule has 2 aliphatic rings. The van der Waals surface area contributed by atoms with E-state index in [9.17, 15) is 9.59 Å². The molecular weight excluding hydrogens is 274 g/mol. The van der Waals surface area contributed by atoms with E-state index in [0.717, 1.165) is 18.7 Å². The number of thiocarbonyl (C=S) groups is 1. The Balaban J connectivity index is 1.95. The van der Waals surface area contributed by atoms with Crippen molar-refractivity contribution in [3.8, 4) is 0 Å². The number of hydrogen-bond acceptors (Lipinski definition) is 4. The average Bonchev–Trinajstić information content (AvgIpc) is 2.84. The average molecular weight is 287 g/mol. The van der Waals surface area contributed by atoms with Gasteiger partial charge in [-0.1, -0.05) is 18.2 Å². The van der Waals surface area contributed by atoms with E-state index in [1.807, 2.05) is 23.1 Å². The molecule has 0 aliphatic carbocycles. The number of rotatable bonds is 1. The molecule has 0 aromatic heterocycles. The minimum absolute atomic E-state index is 0.109. The summed E-state index contributed by atoms with van der Waals surface area (Å²) in [5.41, 5.74) is 2.37. The molecule has 1 aromatic carbocycles. The van der Waals surface area contributed by atoms with E-state index in [-0.39, 0.29) is 16.6 Å². The van der Waals surface area contributed by atoms with E-state index in [4.69, 9.17) is 12.2 Å². The van der Waals surface area contributed by atoms with Gasteiger partial charge in [-0.25, -0.2) is 0 Å². The molecule has 3 rings (SSSR count). The number of anilines is 1. The third-order valence-corrected chi connectivity index (χ3v) is 3.89. The molecule has 0 spiro atoms. The molecular formula is C14H13N3O2S. The summed E-state index contributed by atoms with van der Waals surface area (Å²) < 4.78 is 0. The van der Waals surface area contributed by atoms with Gasteiger partial charge >= 0.3 is 0 Å². The second-order valence-corrected chi connectivity index (χ2v) is 5.13. The number of hydrogen-bond donors (Lipinski definition) is 1. The highest BCUT2D eigenvalue weighted by molar-refractivity contribution is 7.80. The second-order valence-electron chi connectivity index (χ2n) is 4.74. The van der Waals surface area contributed by atoms with Crippen LogP contribution in [0.1, 0.15) is 5.56 Å². The predicted octanol–water partition coefficient (Wildman–Crippen LogP) is 0.806. The molecule has 102 valence electrons. The van der Waals surface area contributed by atoms with Crippen LogP contribution < -0.4 is 10.2 Å². The smallest absolute Gasteiger partial charge is 0.266 e. The predicted molar refractivity (Wildman–Crippen MR) is 79.1 cm³/mol. The van der Waals surface area contributed by atoms with Crippen molar-refractivity contribution in [2.75, 3.05) is 18.5 Å². The molecule has 2 amide bonds. The fourth-order valence-electron chi connectivity index (χ4n) is 2.39. The molecule has 0 bridgehead atoms. The van der Waals surface area contributed by atoms with Crippen molar-refractivity contribution in [2.24, 2.45) is 0 Å². The largest absolute Gasteiger partial charge is 0.346 e. The minimum atomic E-state index is -0.442. The Morgan fingerprint density at radius 1 is 1.30 bits per heavy atom. The number of nitrogens with one attached hydrogen (secondary N) is 1. The van der Waals surface area contributed by atoms with Crippen molar-refractivity contribution in [3.63, 3.8) is 0 Å². The first kappa shape index (κ1) is 12.8. The van der Waals surface area contributed by atoms with Crippen LogP contribution in [0.5, 0.6) is 0 Å². The van der Waals surface area contributed by atoms with Gasteiger partial charge in [0.25, 0.3) is 11.8 Å².